The van der Waals surface area contributed by atoms with Crippen LogP contribution in [0.4, 0.5) is 13.6 Å². The van der Waals surface area contributed by atoms with Gasteiger partial charge in [-0.05, 0) is 36.8 Å². The first-order valence-electron chi connectivity index (χ1n) is 9.56. The summed E-state index contributed by atoms with van der Waals surface area (Å²) in [6.07, 6.45) is -0.393. The number of aliphatic hydroxyl groups is 1. The number of carbonyl (C=O) groups is 1. The van der Waals surface area contributed by atoms with Gasteiger partial charge < -0.3 is 20.1 Å². The molecule has 2 amide bonds. The number of benzene rings is 2. The highest BCUT2D eigenvalue weighted by atomic mass is 19.1. The van der Waals surface area contributed by atoms with Gasteiger partial charge in [-0.1, -0.05) is 18.2 Å². The Hall–Kier alpha value is -2.71. The largest absolute Gasteiger partial charge is 0.451 e. The third kappa shape index (κ3) is 5.88. The fourth-order valence-electron chi connectivity index (χ4n) is 3.18. The van der Waals surface area contributed by atoms with Gasteiger partial charge in [0.15, 0.2) is 23.1 Å². The molecule has 3 rings (SSSR count). The predicted molar refractivity (Wildman–Crippen MR) is 105 cm³/mol. The van der Waals surface area contributed by atoms with Gasteiger partial charge in [0.2, 0.25) is 0 Å². The van der Waals surface area contributed by atoms with E-state index in [1.54, 1.807) is 24.0 Å². The normalized spacial score (nSPS) is 15.8. The Morgan fingerprint density at radius 3 is 2.45 bits per heavy atom. The lowest BCUT2D eigenvalue weighted by atomic mass is 10.2. The molecule has 0 radical (unpaired) electrons. The number of piperazine rings is 1. The molecular formula is C21H25F2N3O3. The third-order valence-electron chi connectivity index (χ3n) is 4.68. The molecule has 0 aromatic heterocycles. The van der Waals surface area contributed by atoms with Crippen molar-refractivity contribution < 1.29 is 23.4 Å². The van der Waals surface area contributed by atoms with Gasteiger partial charge in [-0.15, -0.1) is 0 Å². The first kappa shape index (κ1) is 21.0. The first-order valence-corrected chi connectivity index (χ1v) is 9.56. The van der Waals surface area contributed by atoms with Crippen molar-refractivity contribution in [2.45, 2.75) is 19.6 Å². The Morgan fingerprint density at radius 2 is 1.79 bits per heavy atom. The van der Waals surface area contributed by atoms with E-state index in [-0.39, 0.29) is 24.1 Å². The molecule has 8 heteroatoms. The number of para-hydroxylation sites is 1. The van der Waals surface area contributed by atoms with Crippen molar-refractivity contribution in [3.8, 4) is 11.5 Å². The summed E-state index contributed by atoms with van der Waals surface area (Å²) in [7, 11) is 0. The molecule has 0 spiro atoms. The topological polar surface area (TPSA) is 65.0 Å². The van der Waals surface area contributed by atoms with Gasteiger partial charge in [0, 0.05) is 39.3 Å². The van der Waals surface area contributed by atoms with Crippen LogP contribution in [0.3, 0.4) is 0 Å². The van der Waals surface area contributed by atoms with Crippen LogP contribution in [0.25, 0.3) is 0 Å². The van der Waals surface area contributed by atoms with E-state index in [9.17, 15) is 18.7 Å². The van der Waals surface area contributed by atoms with E-state index in [4.69, 9.17) is 4.74 Å². The quantitative estimate of drug-likeness (QED) is 0.776. The van der Waals surface area contributed by atoms with Crippen LogP contribution in [0, 0.1) is 11.6 Å². The van der Waals surface area contributed by atoms with Crippen LogP contribution in [0.1, 0.15) is 12.5 Å². The van der Waals surface area contributed by atoms with E-state index in [2.05, 4.69) is 10.2 Å². The average Bonchev–Trinajstić information content (AvgIpc) is 2.69. The lowest BCUT2D eigenvalue weighted by Crippen LogP contribution is -2.52. The highest BCUT2D eigenvalue weighted by molar-refractivity contribution is 5.74. The molecule has 1 aliphatic rings. The number of ether oxygens (including phenoxy) is 1. The van der Waals surface area contributed by atoms with Crippen molar-refractivity contribution in [3.05, 3.63) is 59.7 Å². The van der Waals surface area contributed by atoms with Gasteiger partial charge in [-0.2, -0.15) is 0 Å². The number of hydrogen-bond donors (Lipinski definition) is 2. The molecule has 2 N–H and O–H groups in total. The number of hydrogen-bond acceptors (Lipinski definition) is 4. The maximum absolute atomic E-state index is 14.3. The summed E-state index contributed by atoms with van der Waals surface area (Å²) < 4.78 is 33.2. The second kappa shape index (κ2) is 9.67. The molecule has 0 aliphatic carbocycles. The number of β-amino-alcohol motifs (C(OH)–C–C–N with tert-alkyl or cyclic N) is 1. The van der Waals surface area contributed by atoms with Gasteiger partial charge in [0.25, 0.3) is 0 Å². The molecule has 1 atom stereocenters. The van der Waals surface area contributed by atoms with E-state index in [1.165, 1.54) is 30.3 Å². The number of rotatable bonds is 6. The summed E-state index contributed by atoms with van der Waals surface area (Å²) in [4.78, 5) is 16.1. The number of nitrogens with one attached hydrogen (secondary N) is 1. The van der Waals surface area contributed by atoms with Crippen LogP contribution < -0.4 is 10.1 Å². The predicted octanol–water partition coefficient (Wildman–Crippen LogP) is 2.97. The number of nitrogens with zero attached hydrogens (tertiary/aromatic N) is 2. The van der Waals surface area contributed by atoms with E-state index < -0.39 is 17.7 Å². The van der Waals surface area contributed by atoms with Crippen LogP contribution >= 0.6 is 0 Å². The highest BCUT2D eigenvalue weighted by Gasteiger charge is 2.21. The summed E-state index contributed by atoms with van der Waals surface area (Å²) in [6, 6.07) is 9.87. The minimum absolute atomic E-state index is 0.0535. The zero-order valence-electron chi connectivity index (χ0n) is 16.3. The van der Waals surface area contributed by atoms with Crippen LogP contribution in [0.15, 0.2) is 42.5 Å². The molecular weight excluding hydrogens is 380 g/mol. The summed E-state index contributed by atoms with van der Waals surface area (Å²) >= 11 is 0. The summed E-state index contributed by atoms with van der Waals surface area (Å²) in [6.45, 7) is 5.05. The number of aliphatic hydroxyl groups excluding tert-OH is 1. The molecule has 1 aliphatic heterocycles. The molecule has 2 aromatic rings. The number of carbonyl (C=O) groups excluding carboxylic acids is 1. The highest BCUT2D eigenvalue weighted by Crippen LogP contribution is 2.27. The number of urea groups is 1. The van der Waals surface area contributed by atoms with Crippen LogP contribution in [-0.2, 0) is 6.54 Å². The maximum atomic E-state index is 14.3. The van der Waals surface area contributed by atoms with E-state index in [0.29, 0.717) is 38.3 Å². The fourth-order valence-corrected chi connectivity index (χ4v) is 3.18. The maximum Gasteiger partial charge on any atom is 0.317 e. The smallest absolute Gasteiger partial charge is 0.317 e. The standard InChI is InChI=1S/C21H25F2N3O3/c1-15(27)14-25-8-10-26(11-9-25)21(28)24-13-16-6-7-20(18(23)12-16)29-19-5-3-2-4-17(19)22/h2-7,12,15,27H,8-11,13-14H2,1H3,(H,24,28)/t15-/m0/s1. The SMILES string of the molecule is C[C@H](O)CN1CCN(C(=O)NCc2ccc(Oc3ccccc3F)c(F)c2)CC1. The lowest BCUT2D eigenvalue weighted by Gasteiger charge is -2.35. The Kier molecular flexibility index (Phi) is 7.00. The molecule has 1 heterocycles. The monoisotopic (exact) mass is 405 g/mol. The fraction of sp³-hybridized carbons (Fsp3) is 0.381. The van der Waals surface area contributed by atoms with Gasteiger partial charge in [0.05, 0.1) is 6.10 Å². The minimum atomic E-state index is -0.633. The number of halogens is 2. The molecule has 6 nitrogen and oxygen atoms in total. The zero-order chi connectivity index (χ0) is 20.8. The molecule has 0 saturated carbocycles. The van der Waals surface area contributed by atoms with Crippen LogP contribution in [0.2, 0.25) is 0 Å². The summed E-state index contributed by atoms with van der Waals surface area (Å²) in [5.41, 5.74) is 0.574. The molecule has 0 bridgehead atoms. The van der Waals surface area contributed by atoms with Gasteiger partial charge in [0.1, 0.15) is 0 Å². The molecule has 2 aromatic carbocycles. The van der Waals surface area contributed by atoms with Gasteiger partial charge >= 0.3 is 6.03 Å². The third-order valence-corrected chi connectivity index (χ3v) is 4.68. The van der Waals surface area contributed by atoms with E-state index in [0.717, 1.165) is 0 Å². The zero-order valence-corrected chi connectivity index (χ0v) is 16.3. The van der Waals surface area contributed by atoms with Crippen LogP contribution in [0.5, 0.6) is 11.5 Å². The lowest BCUT2D eigenvalue weighted by molar-refractivity contribution is 0.0897. The van der Waals surface area contributed by atoms with Crippen molar-refractivity contribution in [3.63, 3.8) is 0 Å². The van der Waals surface area contributed by atoms with E-state index in [1.807, 2.05) is 0 Å². The molecule has 156 valence electrons. The van der Waals surface area contributed by atoms with Crippen LogP contribution in [-0.4, -0.2) is 59.8 Å². The average molecular weight is 405 g/mol. The van der Waals surface area contributed by atoms with E-state index >= 15 is 0 Å². The van der Waals surface area contributed by atoms with Gasteiger partial charge in [-0.25, -0.2) is 13.6 Å². The van der Waals surface area contributed by atoms with Crippen molar-refractivity contribution in [1.29, 1.82) is 0 Å². The second-order valence-electron chi connectivity index (χ2n) is 7.09. The Labute approximate surface area is 168 Å². The Morgan fingerprint density at radius 1 is 1.10 bits per heavy atom. The van der Waals surface area contributed by atoms with Crippen molar-refractivity contribution in [2.75, 3.05) is 32.7 Å². The summed E-state index contributed by atoms with van der Waals surface area (Å²) in [5, 5.41) is 12.2. The Bertz CT molecular complexity index is 840. The number of amides is 2. The van der Waals surface area contributed by atoms with Crippen molar-refractivity contribution >= 4 is 6.03 Å². The van der Waals surface area contributed by atoms with Crippen molar-refractivity contribution in [2.24, 2.45) is 0 Å². The second-order valence-corrected chi connectivity index (χ2v) is 7.09. The molecule has 0 unspecified atom stereocenters. The molecule has 29 heavy (non-hydrogen) atoms. The Balaban J connectivity index is 1.50. The summed E-state index contributed by atoms with van der Waals surface area (Å²) in [5.74, 6) is -1.34. The minimum Gasteiger partial charge on any atom is -0.451 e. The van der Waals surface area contributed by atoms with Crippen molar-refractivity contribution in [1.82, 2.24) is 15.1 Å². The van der Waals surface area contributed by atoms with Gasteiger partial charge in [-0.3, -0.25) is 4.90 Å². The molecule has 1 fully saturated rings. The first-order chi connectivity index (χ1) is 13.9. The molecule has 1 saturated heterocycles.